The second-order valence-electron chi connectivity index (χ2n) is 9.59. The van der Waals surface area contributed by atoms with E-state index in [2.05, 4.69) is 6.92 Å². The first kappa shape index (κ1) is 25.2. The number of unbranched alkanes of at least 4 members (excludes halogenated alkanes) is 9. The molecule has 0 aromatic heterocycles. The van der Waals surface area contributed by atoms with Crippen molar-refractivity contribution in [3.05, 3.63) is 0 Å². The van der Waals surface area contributed by atoms with Gasteiger partial charge < -0.3 is 9.47 Å². The molecule has 4 nitrogen and oxygen atoms in total. The third-order valence-corrected chi connectivity index (χ3v) is 6.97. The van der Waals surface area contributed by atoms with E-state index in [0.717, 1.165) is 51.4 Å². The van der Waals surface area contributed by atoms with Gasteiger partial charge in [0.2, 0.25) is 0 Å². The van der Waals surface area contributed by atoms with Crippen LogP contribution >= 0.6 is 0 Å². The summed E-state index contributed by atoms with van der Waals surface area (Å²) in [6, 6.07) is 0. The average Bonchev–Trinajstić information content (AvgIpc) is 2.78. The molecule has 2 fully saturated rings. The van der Waals surface area contributed by atoms with Crippen LogP contribution in [-0.4, -0.2) is 24.6 Å². The van der Waals surface area contributed by atoms with E-state index < -0.39 is 0 Å². The standard InChI is InChI=1S/C26H46O4/c1-2-3-4-5-6-7-8-9-10-14-21-29-25(27)22-17-19-23(20-18-22)26(28)30-24-15-12-11-13-16-24/h22-24H,2-21H2,1H3. The summed E-state index contributed by atoms with van der Waals surface area (Å²) in [6.07, 6.45) is 21.7. The lowest BCUT2D eigenvalue weighted by atomic mass is 9.82. The van der Waals surface area contributed by atoms with Crippen LogP contribution in [-0.2, 0) is 19.1 Å². The largest absolute Gasteiger partial charge is 0.465 e. The molecular weight excluding hydrogens is 376 g/mol. The SMILES string of the molecule is CCCCCCCCCCCCOC(=O)C1CCC(C(=O)OC2CCCCC2)CC1. The Labute approximate surface area is 184 Å². The Morgan fingerprint density at radius 3 is 1.70 bits per heavy atom. The van der Waals surface area contributed by atoms with Crippen LogP contribution in [0.2, 0.25) is 0 Å². The zero-order chi connectivity index (χ0) is 21.4. The zero-order valence-corrected chi connectivity index (χ0v) is 19.5. The number of rotatable bonds is 14. The summed E-state index contributed by atoms with van der Waals surface area (Å²) in [6.45, 7) is 2.81. The predicted octanol–water partition coefficient (Wildman–Crippen LogP) is 7.13. The Bertz CT molecular complexity index is 462. The first-order valence-electron chi connectivity index (χ1n) is 13.1. The molecule has 0 unspecified atom stereocenters. The first-order chi connectivity index (χ1) is 14.7. The Hall–Kier alpha value is -1.06. The fraction of sp³-hybridized carbons (Fsp3) is 0.923. The van der Waals surface area contributed by atoms with Crippen LogP contribution in [0.15, 0.2) is 0 Å². The van der Waals surface area contributed by atoms with Crippen molar-refractivity contribution in [2.24, 2.45) is 11.8 Å². The zero-order valence-electron chi connectivity index (χ0n) is 19.5. The van der Waals surface area contributed by atoms with Crippen LogP contribution in [0.1, 0.15) is 129 Å². The molecule has 174 valence electrons. The number of hydrogen-bond acceptors (Lipinski definition) is 4. The minimum absolute atomic E-state index is 0.0158. The van der Waals surface area contributed by atoms with Crippen molar-refractivity contribution in [1.29, 1.82) is 0 Å². The van der Waals surface area contributed by atoms with E-state index in [0.29, 0.717) is 6.61 Å². The summed E-state index contributed by atoms with van der Waals surface area (Å²) >= 11 is 0. The summed E-state index contributed by atoms with van der Waals surface area (Å²) in [5.74, 6) is -0.117. The number of esters is 2. The Morgan fingerprint density at radius 2 is 1.13 bits per heavy atom. The van der Waals surface area contributed by atoms with Crippen molar-refractivity contribution in [2.45, 2.75) is 135 Å². The second kappa shape index (κ2) is 15.7. The highest BCUT2D eigenvalue weighted by Gasteiger charge is 2.32. The van der Waals surface area contributed by atoms with Gasteiger partial charge in [0, 0.05) is 0 Å². The number of hydrogen-bond donors (Lipinski definition) is 0. The molecule has 2 aliphatic rings. The van der Waals surface area contributed by atoms with Gasteiger partial charge in [0.25, 0.3) is 0 Å². The summed E-state index contributed by atoms with van der Waals surface area (Å²) < 4.78 is 11.2. The van der Waals surface area contributed by atoms with Crippen LogP contribution < -0.4 is 0 Å². The molecule has 0 aromatic rings. The maximum Gasteiger partial charge on any atom is 0.309 e. The van der Waals surface area contributed by atoms with Gasteiger partial charge in [0.1, 0.15) is 6.10 Å². The van der Waals surface area contributed by atoms with E-state index in [9.17, 15) is 9.59 Å². The summed E-state index contributed by atoms with van der Waals surface area (Å²) in [4.78, 5) is 24.7. The molecular formula is C26H46O4. The lowest BCUT2D eigenvalue weighted by molar-refractivity contribution is -0.159. The van der Waals surface area contributed by atoms with E-state index in [-0.39, 0.29) is 29.9 Å². The molecule has 0 bridgehead atoms. The van der Waals surface area contributed by atoms with E-state index in [1.807, 2.05) is 0 Å². The molecule has 2 rings (SSSR count). The molecule has 0 N–H and O–H groups in total. The highest BCUT2D eigenvalue weighted by atomic mass is 16.5. The molecule has 2 saturated carbocycles. The topological polar surface area (TPSA) is 52.6 Å². The molecule has 0 radical (unpaired) electrons. The molecule has 0 aromatic carbocycles. The van der Waals surface area contributed by atoms with Crippen molar-refractivity contribution >= 4 is 11.9 Å². The predicted molar refractivity (Wildman–Crippen MR) is 121 cm³/mol. The maximum absolute atomic E-state index is 12.4. The lowest BCUT2D eigenvalue weighted by Crippen LogP contribution is -2.31. The Morgan fingerprint density at radius 1 is 0.633 bits per heavy atom. The van der Waals surface area contributed by atoms with Crippen LogP contribution in [0.5, 0.6) is 0 Å². The minimum atomic E-state index is -0.0509. The van der Waals surface area contributed by atoms with Gasteiger partial charge in [-0.25, -0.2) is 0 Å². The summed E-state index contributed by atoms with van der Waals surface area (Å²) in [5.41, 5.74) is 0. The molecule has 0 heterocycles. The maximum atomic E-state index is 12.4. The normalized spacial score (nSPS) is 22.6. The molecule has 0 saturated heterocycles. The van der Waals surface area contributed by atoms with Gasteiger partial charge in [-0.2, -0.15) is 0 Å². The lowest BCUT2D eigenvalue weighted by Gasteiger charge is -2.28. The number of ether oxygens (including phenoxy) is 2. The second-order valence-corrected chi connectivity index (χ2v) is 9.59. The van der Waals surface area contributed by atoms with E-state index in [1.165, 1.54) is 70.6 Å². The fourth-order valence-electron chi connectivity index (χ4n) is 4.89. The molecule has 0 aliphatic heterocycles. The van der Waals surface area contributed by atoms with E-state index >= 15 is 0 Å². The fourth-order valence-corrected chi connectivity index (χ4v) is 4.89. The van der Waals surface area contributed by atoms with Crippen molar-refractivity contribution in [3.63, 3.8) is 0 Å². The smallest absolute Gasteiger partial charge is 0.309 e. The molecule has 0 spiro atoms. The van der Waals surface area contributed by atoms with Gasteiger partial charge in [-0.05, 0) is 57.8 Å². The Kier molecular flexibility index (Phi) is 13.2. The van der Waals surface area contributed by atoms with Crippen LogP contribution in [0.4, 0.5) is 0 Å². The first-order valence-corrected chi connectivity index (χ1v) is 13.1. The number of carbonyl (C=O) groups is 2. The van der Waals surface area contributed by atoms with Gasteiger partial charge in [-0.3, -0.25) is 9.59 Å². The summed E-state index contributed by atoms with van der Waals surface area (Å²) in [7, 11) is 0. The van der Waals surface area contributed by atoms with Crippen LogP contribution in [0.3, 0.4) is 0 Å². The highest BCUT2D eigenvalue weighted by molar-refractivity contribution is 5.75. The molecule has 30 heavy (non-hydrogen) atoms. The molecule has 4 heteroatoms. The summed E-state index contributed by atoms with van der Waals surface area (Å²) in [5, 5.41) is 0. The van der Waals surface area contributed by atoms with Crippen LogP contribution in [0, 0.1) is 11.8 Å². The third-order valence-electron chi connectivity index (χ3n) is 6.97. The van der Waals surface area contributed by atoms with Crippen molar-refractivity contribution in [1.82, 2.24) is 0 Å². The van der Waals surface area contributed by atoms with Crippen LogP contribution in [0.25, 0.3) is 0 Å². The van der Waals surface area contributed by atoms with Crippen molar-refractivity contribution in [3.8, 4) is 0 Å². The minimum Gasteiger partial charge on any atom is -0.465 e. The van der Waals surface area contributed by atoms with Gasteiger partial charge >= 0.3 is 11.9 Å². The van der Waals surface area contributed by atoms with Gasteiger partial charge in [0.15, 0.2) is 0 Å². The van der Waals surface area contributed by atoms with Gasteiger partial charge in [-0.1, -0.05) is 71.1 Å². The van der Waals surface area contributed by atoms with E-state index in [1.54, 1.807) is 0 Å². The quantitative estimate of drug-likeness (QED) is 0.221. The van der Waals surface area contributed by atoms with E-state index in [4.69, 9.17) is 9.47 Å². The monoisotopic (exact) mass is 422 g/mol. The van der Waals surface area contributed by atoms with Crippen molar-refractivity contribution in [2.75, 3.05) is 6.61 Å². The highest BCUT2D eigenvalue weighted by Crippen LogP contribution is 2.32. The third kappa shape index (κ3) is 10.3. The van der Waals surface area contributed by atoms with Crippen molar-refractivity contribution < 1.29 is 19.1 Å². The van der Waals surface area contributed by atoms with Gasteiger partial charge in [-0.15, -0.1) is 0 Å². The molecule has 0 atom stereocenters. The number of carbonyl (C=O) groups excluding carboxylic acids is 2. The van der Waals surface area contributed by atoms with Gasteiger partial charge in [0.05, 0.1) is 18.4 Å². The Balaban J connectivity index is 1.45. The molecule has 0 amide bonds. The molecule has 2 aliphatic carbocycles. The average molecular weight is 423 g/mol.